The van der Waals surface area contributed by atoms with E-state index >= 15 is 0 Å². The van der Waals surface area contributed by atoms with Gasteiger partial charge in [-0.2, -0.15) is 0 Å². The molecule has 1 heterocycles. The van der Waals surface area contributed by atoms with Crippen molar-refractivity contribution in [1.82, 2.24) is 9.80 Å². The second kappa shape index (κ2) is 13.0. The van der Waals surface area contributed by atoms with Crippen molar-refractivity contribution in [3.8, 4) is 12.3 Å². The highest BCUT2D eigenvalue weighted by molar-refractivity contribution is 9.09. The van der Waals surface area contributed by atoms with Crippen LogP contribution in [-0.2, 0) is 14.3 Å². The molecule has 0 radical (unpaired) electrons. The molecule has 1 amide bonds. The Kier molecular flexibility index (Phi) is 12.2. The molecular weight excluding hydrogens is 360 g/mol. The summed E-state index contributed by atoms with van der Waals surface area (Å²) in [6, 6.07) is 0. The van der Waals surface area contributed by atoms with Crippen molar-refractivity contribution in [3.63, 3.8) is 0 Å². The number of nitrogens with zero attached hydrogens (tertiary/aromatic N) is 2. The third-order valence-corrected chi connectivity index (χ3v) is 3.83. The van der Waals surface area contributed by atoms with Crippen molar-refractivity contribution in [2.45, 2.75) is 39.5 Å². The number of amides is 1. The minimum absolute atomic E-state index is 0.0445. The molecule has 0 aromatic rings. The summed E-state index contributed by atoms with van der Waals surface area (Å²) in [6.07, 6.45) is 11.0. The number of piperidine rings is 1. The molecule has 0 bridgehead atoms. The normalized spacial score (nSPS) is 14.2. The molecule has 0 spiro atoms. The lowest BCUT2D eigenvalue weighted by molar-refractivity contribution is -0.145. The van der Waals surface area contributed by atoms with Gasteiger partial charge in [0.1, 0.15) is 12.4 Å². The first kappa shape index (κ1) is 21.5. The molecular formula is C17H27BrN2O3. The maximum atomic E-state index is 12.0. The zero-order chi connectivity index (χ0) is 17.7. The van der Waals surface area contributed by atoms with Crippen LogP contribution in [0.25, 0.3) is 0 Å². The van der Waals surface area contributed by atoms with Crippen molar-refractivity contribution >= 4 is 27.8 Å². The van der Waals surface area contributed by atoms with Crippen molar-refractivity contribution in [2.24, 2.45) is 0 Å². The van der Waals surface area contributed by atoms with Crippen LogP contribution in [-0.4, -0.2) is 53.8 Å². The largest absolute Gasteiger partial charge is 0.468 e. The van der Waals surface area contributed by atoms with Gasteiger partial charge in [-0.05, 0) is 32.3 Å². The number of ether oxygens (including phenoxy) is 1. The molecule has 1 fully saturated rings. The highest BCUT2D eigenvalue weighted by Gasteiger charge is 2.25. The predicted molar refractivity (Wildman–Crippen MR) is 95.8 cm³/mol. The fraction of sp³-hybridized carbons (Fsp3) is 0.647. The summed E-state index contributed by atoms with van der Waals surface area (Å²) >= 11 is 3.16. The number of likely N-dealkylation sites (tertiary alicyclic amines) is 1. The fourth-order valence-corrected chi connectivity index (χ4v) is 2.50. The SMILES string of the molecule is C#CCC.C/C=C(/N1CCCCC1)N(CC(=O)OC)C(=O)CBr. The highest BCUT2D eigenvalue weighted by atomic mass is 79.9. The topological polar surface area (TPSA) is 49.9 Å². The van der Waals surface area contributed by atoms with Crippen LogP contribution in [0.2, 0.25) is 0 Å². The Labute approximate surface area is 148 Å². The highest BCUT2D eigenvalue weighted by Crippen LogP contribution is 2.18. The summed E-state index contributed by atoms with van der Waals surface area (Å²) in [4.78, 5) is 27.1. The van der Waals surface area contributed by atoms with E-state index in [4.69, 9.17) is 6.42 Å². The van der Waals surface area contributed by atoms with E-state index in [0.717, 1.165) is 38.2 Å². The Morgan fingerprint density at radius 3 is 2.30 bits per heavy atom. The van der Waals surface area contributed by atoms with E-state index in [0.29, 0.717) is 0 Å². The molecule has 23 heavy (non-hydrogen) atoms. The Morgan fingerprint density at radius 1 is 1.35 bits per heavy atom. The fourth-order valence-electron chi connectivity index (χ4n) is 2.19. The predicted octanol–water partition coefficient (Wildman–Crippen LogP) is 2.76. The third-order valence-electron chi connectivity index (χ3n) is 3.35. The number of hydrogen-bond donors (Lipinski definition) is 0. The number of carbonyl (C=O) groups is 2. The first-order valence-corrected chi connectivity index (χ1v) is 8.95. The zero-order valence-corrected chi connectivity index (χ0v) is 15.9. The summed E-state index contributed by atoms with van der Waals surface area (Å²) in [7, 11) is 1.33. The number of rotatable bonds is 5. The molecule has 6 heteroatoms. The zero-order valence-electron chi connectivity index (χ0n) is 14.3. The van der Waals surface area contributed by atoms with Gasteiger partial charge in [0, 0.05) is 19.5 Å². The number of alkyl halides is 1. The van der Waals surface area contributed by atoms with Gasteiger partial charge < -0.3 is 9.64 Å². The van der Waals surface area contributed by atoms with Crippen LogP contribution < -0.4 is 0 Å². The van der Waals surface area contributed by atoms with E-state index < -0.39 is 5.97 Å². The molecule has 0 aromatic carbocycles. The van der Waals surface area contributed by atoms with E-state index in [1.807, 2.05) is 19.9 Å². The Bertz CT molecular complexity index is 438. The van der Waals surface area contributed by atoms with Gasteiger partial charge in [0.05, 0.1) is 12.4 Å². The minimum atomic E-state index is -0.411. The van der Waals surface area contributed by atoms with E-state index in [1.165, 1.54) is 18.4 Å². The summed E-state index contributed by atoms with van der Waals surface area (Å²) < 4.78 is 4.66. The summed E-state index contributed by atoms with van der Waals surface area (Å²) in [5, 5.41) is 0.190. The number of terminal acetylenes is 1. The second-order valence-corrected chi connectivity index (χ2v) is 5.50. The van der Waals surface area contributed by atoms with E-state index in [9.17, 15) is 9.59 Å². The second-order valence-electron chi connectivity index (χ2n) is 4.94. The van der Waals surface area contributed by atoms with Gasteiger partial charge in [-0.15, -0.1) is 12.3 Å². The van der Waals surface area contributed by atoms with Gasteiger partial charge in [0.2, 0.25) is 5.91 Å². The van der Waals surface area contributed by atoms with E-state index in [1.54, 1.807) is 0 Å². The van der Waals surface area contributed by atoms with Gasteiger partial charge in [-0.1, -0.05) is 22.9 Å². The molecule has 0 atom stereocenters. The number of methoxy groups -OCH3 is 1. The Balaban J connectivity index is 0.00000108. The summed E-state index contributed by atoms with van der Waals surface area (Å²) in [5.74, 6) is 2.68. The van der Waals surface area contributed by atoms with Crippen LogP contribution in [0.5, 0.6) is 0 Å². The smallest absolute Gasteiger partial charge is 0.325 e. The van der Waals surface area contributed by atoms with Crippen LogP contribution >= 0.6 is 15.9 Å². The van der Waals surface area contributed by atoms with Crippen molar-refractivity contribution in [1.29, 1.82) is 0 Å². The van der Waals surface area contributed by atoms with E-state index in [2.05, 4.69) is 31.5 Å². The molecule has 5 nitrogen and oxygen atoms in total. The van der Waals surface area contributed by atoms with Crippen LogP contribution in [0.15, 0.2) is 11.9 Å². The van der Waals surface area contributed by atoms with Crippen molar-refractivity contribution in [2.75, 3.05) is 32.1 Å². The summed E-state index contributed by atoms with van der Waals surface area (Å²) in [6.45, 7) is 5.63. The average molecular weight is 387 g/mol. The number of allylic oxidation sites excluding steroid dienone is 1. The van der Waals surface area contributed by atoms with Gasteiger partial charge in [0.15, 0.2) is 0 Å². The molecule has 0 aromatic heterocycles. The number of halogens is 1. The Hall–Kier alpha value is -1.48. The van der Waals surface area contributed by atoms with Crippen molar-refractivity contribution < 1.29 is 14.3 Å². The van der Waals surface area contributed by atoms with Crippen LogP contribution in [0.1, 0.15) is 39.5 Å². The van der Waals surface area contributed by atoms with E-state index in [-0.39, 0.29) is 17.8 Å². The van der Waals surface area contributed by atoms with Gasteiger partial charge in [-0.3, -0.25) is 14.5 Å². The first-order chi connectivity index (χ1) is 11.0. The number of esters is 1. The molecule has 0 saturated carbocycles. The van der Waals surface area contributed by atoms with Gasteiger partial charge in [-0.25, -0.2) is 0 Å². The van der Waals surface area contributed by atoms with Crippen LogP contribution in [0.4, 0.5) is 0 Å². The number of hydrogen-bond acceptors (Lipinski definition) is 4. The lowest BCUT2D eigenvalue weighted by Crippen LogP contribution is -2.44. The molecule has 130 valence electrons. The molecule has 1 aliphatic rings. The molecule has 0 N–H and O–H groups in total. The van der Waals surface area contributed by atoms with Crippen LogP contribution in [0, 0.1) is 12.3 Å². The van der Waals surface area contributed by atoms with Crippen LogP contribution in [0.3, 0.4) is 0 Å². The molecule has 0 unspecified atom stereocenters. The van der Waals surface area contributed by atoms with Gasteiger partial charge in [0.25, 0.3) is 0 Å². The lowest BCUT2D eigenvalue weighted by Gasteiger charge is -2.36. The maximum absolute atomic E-state index is 12.0. The first-order valence-electron chi connectivity index (χ1n) is 7.83. The Morgan fingerprint density at radius 2 is 1.91 bits per heavy atom. The molecule has 1 aliphatic heterocycles. The average Bonchev–Trinajstić information content (AvgIpc) is 2.61. The molecule has 1 rings (SSSR count). The monoisotopic (exact) mass is 386 g/mol. The number of carbonyl (C=O) groups excluding carboxylic acids is 2. The quantitative estimate of drug-likeness (QED) is 0.414. The van der Waals surface area contributed by atoms with Crippen molar-refractivity contribution in [3.05, 3.63) is 11.9 Å². The standard InChI is InChI=1S/C13H21BrN2O3.C4H6/c1-3-11(15-7-5-4-6-8-15)16(12(17)9-14)10-13(18)19-2;1-3-4-2/h3H,4-10H2,1-2H3;1H,4H2,2H3/b11-3-;. The minimum Gasteiger partial charge on any atom is -0.468 e. The maximum Gasteiger partial charge on any atom is 0.325 e. The lowest BCUT2D eigenvalue weighted by atomic mass is 10.1. The summed E-state index contributed by atoms with van der Waals surface area (Å²) in [5.41, 5.74) is 0. The molecule has 0 aliphatic carbocycles. The third kappa shape index (κ3) is 8.08. The van der Waals surface area contributed by atoms with Gasteiger partial charge >= 0.3 is 5.97 Å². The molecule has 1 saturated heterocycles.